The van der Waals surface area contributed by atoms with Crippen LogP contribution >= 0.6 is 15.9 Å². The van der Waals surface area contributed by atoms with Crippen LogP contribution in [0, 0.1) is 0 Å². The maximum Gasteiger partial charge on any atom is 0.342 e. The van der Waals surface area contributed by atoms with Crippen LogP contribution in [0.1, 0.15) is 2.74 Å². The Morgan fingerprint density at radius 1 is 2.33 bits per heavy atom. The van der Waals surface area contributed by atoms with Crippen molar-refractivity contribution >= 4 is 21.9 Å². The molecule has 0 aromatic heterocycles. The van der Waals surface area contributed by atoms with Crippen LogP contribution in [0.25, 0.3) is 1.43 Å². The van der Waals surface area contributed by atoms with Crippen molar-refractivity contribution < 1.29 is 12.6 Å². The van der Waals surface area contributed by atoms with Gasteiger partial charge in [-0.05, 0) is 15.9 Å². The van der Waals surface area contributed by atoms with E-state index in [-0.39, 0.29) is 4.48 Å². The van der Waals surface area contributed by atoms with Crippen molar-refractivity contribution in [3.8, 4) is 0 Å². The zero-order valence-corrected chi connectivity index (χ0v) is 4.28. The van der Waals surface area contributed by atoms with Gasteiger partial charge in [0.25, 0.3) is 1.43 Å². The molecule has 0 heterocycles. The Balaban J connectivity index is 4.21. The molecule has 0 rings (SSSR count). The van der Waals surface area contributed by atoms with E-state index in [1.54, 1.807) is 0 Å². The van der Waals surface area contributed by atoms with Crippen LogP contribution in [-0.4, -0.2) is 11.1 Å². The van der Waals surface area contributed by atoms with Gasteiger partial charge in [0.15, 0.2) is 0 Å². The van der Waals surface area contributed by atoms with E-state index in [9.17, 15) is 4.79 Å². The Hall–Kier alpha value is -0.310. The van der Waals surface area contributed by atoms with Gasteiger partial charge in [-0.3, -0.25) is 0 Å². The first kappa shape index (κ1) is 2.12. The monoisotopic (exact) mass is 153 g/mol. The standard InChI is InChI=1S/C3H3BrO2/c1-2(4)3(5)6/h1H2,(H,5,6)/i1D2/hD. The summed E-state index contributed by atoms with van der Waals surface area (Å²) in [5, 5.41) is 3.44. The Labute approximate surface area is 47.9 Å². The molecule has 1 N–H and O–H groups in total. The van der Waals surface area contributed by atoms with Crippen LogP contribution in [0.3, 0.4) is 0 Å². The third kappa shape index (κ3) is 1.96. The lowest BCUT2D eigenvalue weighted by Gasteiger charge is -1.77. The number of carbonyl (C=O) groups is 1. The molecule has 0 bridgehead atoms. The van der Waals surface area contributed by atoms with Crippen molar-refractivity contribution in [2.75, 3.05) is 0 Å². The summed E-state index contributed by atoms with van der Waals surface area (Å²) in [7, 11) is 0. The van der Waals surface area contributed by atoms with Crippen LogP contribution in [0.5, 0.6) is 0 Å². The number of rotatable bonds is 1. The largest absolute Gasteiger partial charge is 0.477 e. The molecule has 0 saturated carbocycles. The van der Waals surface area contributed by atoms with Gasteiger partial charge < -0.3 is 5.11 Å². The zero-order valence-electron chi connectivity index (χ0n) is 5.69. The van der Waals surface area contributed by atoms with E-state index < -0.39 is 12.5 Å². The van der Waals surface area contributed by atoms with Crippen molar-refractivity contribution in [2.45, 2.75) is 0 Å². The SMILES string of the molecule is [2H]OC(=O)C(Br)=C([2H])[2H]. The van der Waals surface area contributed by atoms with Crippen LogP contribution in [0.4, 0.5) is 0 Å². The lowest BCUT2D eigenvalue weighted by Crippen LogP contribution is -1.89. The van der Waals surface area contributed by atoms with Gasteiger partial charge in [-0.2, -0.15) is 0 Å². The van der Waals surface area contributed by atoms with Gasteiger partial charge in [0.2, 0.25) is 0 Å². The van der Waals surface area contributed by atoms with Crippen molar-refractivity contribution in [1.82, 2.24) is 0 Å². The molecule has 2 nitrogen and oxygen atoms in total. The number of halogens is 1. The van der Waals surface area contributed by atoms with E-state index in [2.05, 4.69) is 21.0 Å². The summed E-state index contributed by atoms with van der Waals surface area (Å²) in [6, 6.07) is 0. The Morgan fingerprint density at radius 3 is 3.17 bits per heavy atom. The van der Waals surface area contributed by atoms with E-state index in [1.807, 2.05) is 0 Å². The smallest absolute Gasteiger partial charge is 0.342 e. The minimum Gasteiger partial charge on any atom is -0.477 e. The zero-order chi connectivity index (χ0) is 7.44. The number of carboxylic acids is 1. The number of hydrogen-bond acceptors (Lipinski definition) is 2. The lowest BCUT2D eigenvalue weighted by atomic mass is 10.7. The van der Waals surface area contributed by atoms with Gasteiger partial charge in [0, 0.05) is 0 Å². The molecular formula is C3H3BrO2. The van der Waals surface area contributed by atoms with Crippen molar-refractivity contribution in [3.63, 3.8) is 0 Å². The fourth-order valence-corrected chi connectivity index (χ4v) is 0. The topological polar surface area (TPSA) is 37.3 Å². The molecule has 0 aliphatic heterocycles. The van der Waals surface area contributed by atoms with E-state index in [0.717, 1.165) is 0 Å². The van der Waals surface area contributed by atoms with E-state index >= 15 is 0 Å². The van der Waals surface area contributed by atoms with Gasteiger partial charge in [-0.15, -0.1) is 0 Å². The summed E-state index contributed by atoms with van der Waals surface area (Å²) in [5.74, 6) is -1.03. The average Bonchev–Trinajstić information content (AvgIpc) is 1.84. The molecule has 6 heavy (non-hydrogen) atoms. The van der Waals surface area contributed by atoms with Crippen molar-refractivity contribution in [2.24, 2.45) is 0 Å². The normalized spacial score (nSPS) is 13.2. The highest BCUT2D eigenvalue weighted by molar-refractivity contribution is 9.12. The van der Waals surface area contributed by atoms with Gasteiger partial charge in [-0.1, -0.05) is 6.53 Å². The highest BCUT2D eigenvalue weighted by atomic mass is 79.9. The molecule has 0 unspecified atom stereocenters. The number of aliphatic carboxylic acids is 1. The van der Waals surface area contributed by atoms with Crippen LogP contribution in [-0.2, 0) is 4.79 Å². The Morgan fingerprint density at radius 2 is 3.00 bits per heavy atom. The third-order valence-electron chi connectivity index (χ3n) is 0.179. The molecule has 0 radical (unpaired) electrons. The van der Waals surface area contributed by atoms with Gasteiger partial charge in [0.05, 0.1) is 7.22 Å². The summed E-state index contributed by atoms with van der Waals surface area (Å²) in [6.07, 6.45) is 0. The molecule has 0 amide bonds. The van der Waals surface area contributed by atoms with Gasteiger partial charge >= 0.3 is 5.97 Å². The molecule has 3 heteroatoms. The molecule has 0 aliphatic carbocycles. The molecule has 0 aromatic rings. The molecule has 0 spiro atoms. The second-order valence-corrected chi connectivity index (χ2v) is 1.39. The second kappa shape index (κ2) is 1.97. The fraction of sp³-hybridized carbons (Fsp3) is 0. The van der Waals surface area contributed by atoms with Gasteiger partial charge in [0.1, 0.15) is 0 Å². The maximum atomic E-state index is 10.2. The summed E-state index contributed by atoms with van der Waals surface area (Å²) in [6.45, 7) is -0.702. The third-order valence-corrected chi connectivity index (χ3v) is 0.503. The van der Waals surface area contributed by atoms with Crippen LogP contribution in [0.2, 0.25) is 0 Å². The first-order valence-corrected chi connectivity index (χ1v) is 1.89. The summed E-state index contributed by atoms with van der Waals surface area (Å²) >= 11 is 2.58. The maximum absolute atomic E-state index is 10.2. The van der Waals surface area contributed by atoms with E-state index in [1.165, 1.54) is 0 Å². The minimum absolute atomic E-state index is 0.350. The van der Waals surface area contributed by atoms with Crippen molar-refractivity contribution in [1.29, 1.82) is 1.43 Å². The molecule has 0 saturated heterocycles. The molecule has 0 aliphatic rings. The predicted molar refractivity (Wildman–Crippen MR) is 25.7 cm³/mol. The first-order valence-electron chi connectivity index (χ1n) is 2.51. The first-order chi connectivity index (χ1) is 4.09. The molecule has 34 valence electrons. The van der Waals surface area contributed by atoms with Crippen molar-refractivity contribution in [3.05, 3.63) is 11.0 Å². The highest BCUT2D eigenvalue weighted by Gasteiger charge is 1.93. The lowest BCUT2D eigenvalue weighted by molar-refractivity contribution is -0.131. The molecular weight excluding hydrogens is 148 g/mol. The Bertz CT molecular complexity index is 151. The quantitative estimate of drug-likeness (QED) is 0.571. The summed E-state index contributed by atoms with van der Waals surface area (Å²) < 4.78 is 18.8. The predicted octanol–water partition coefficient (Wildman–Crippen LogP) is 0.980. The molecule has 0 aromatic carbocycles. The average molecular weight is 154 g/mol. The number of carboxylic acid groups (broad SMARTS) is 1. The van der Waals surface area contributed by atoms with E-state index in [4.69, 9.17) is 4.17 Å². The highest BCUT2D eigenvalue weighted by Crippen LogP contribution is 1.97. The van der Waals surface area contributed by atoms with Crippen LogP contribution < -0.4 is 0 Å². The Kier molecular flexibility index (Phi) is 0.696. The van der Waals surface area contributed by atoms with Gasteiger partial charge in [-0.25, -0.2) is 4.79 Å². The second-order valence-electron chi connectivity index (χ2n) is 0.601. The molecule has 0 fully saturated rings. The fourth-order valence-electron chi connectivity index (χ4n) is 0. The number of hydrogen-bond donors (Lipinski definition) is 1. The summed E-state index contributed by atoms with van der Waals surface area (Å²) in [4.78, 5) is 10.2. The minimum atomic E-state index is -1.03. The molecule has 0 atom stereocenters. The van der Waals surface area contributed by atoms with E-state index in [0.29, 0.717) is 0 Å². The van der Waals surface area contributed by atoms with Crippen LogP contribution in [0.15, 0.2) is 11.0 Å². The summed E-state index contributed by atoms with van der Waals surface area (Å²) in [5.41, 5.74) is 0.